The molecule has 0 aliphatic heterocycles. The second-order valence-electron chi connectivity index (χ2n) is 6.73. The van der Waals surface area contributed by atoms with Gasteiger partial charge in [-0.1, -0.05) is 12.1 Å². The van der Waals surface area contributed by atoms with E-state index in [1.165, 1.54) is 11.7 Å². The van der Waals surface area contributed by atoms with Crippen LogP contribution in [0, 0.1) is 13.8 Å². The number of amides is 1. The van der Waals surface area contributed by atoms with Gasteiger partial charge >= 0.3 is 0 Å². The predicted molar refractivity (Wildman–Crippen MR) is 103 cm³/mol. The molecule has 4 rings (SSSR count). The molecule has 2 heterocycles. The average Bonchev–Trinajstić information content (AvgIpc) is 3.21. The minimum Gasteiger partial charge on any atom is -0.464 e. The van der Waals surface area contributed by atoms with Crippen molar-refractivity contribution >= 4 is 39.6 Å². The van der Waals surface area contributed by atoms with Crippen LogP contribution < -0.4 is 0 Å². The van der Waals surface area contributed by atoms with E-state index in [4.69, 9.17) is 4.42 Å². The van der Waals surface area contributed by atoms with Gasteiger partial charge in [-0.3, -0.25) is 4.79 Å². The average molecular weight is 365 g/mol. The first-order valence-corrected chi connectivity index (χ1v) is 9.17. The minimum atomic E-state index is 0.0594. The van der Waals surface area contributed by atoms with Crippen molar-refractivity contribution in [2.75, 3.05) is 7.05 Å². The molecule has 4 aromatic rings. The molecule has 0 aliphatic rings. The fourth-order valence-corrected chi connectivity index (χ4v) is 3.86. The standard InChI is InChI=1S/C20H19N3O2S/c1-12-6-13(2)20-15(11-25-18(20)7-12)9-19(24)23(3)10-14-4-5-16-17(8-14)22-26-21-16/h4-8,11H,9-10H2,1-3H3. The summed E-state index contributed by atoms with van der Waals surface area (Å²) in [6.45, 7) is 4.64. The number of hydrogen-bond acceptors (Lipinski definition) is 5. The molecule has 0 atom stereocenters. The zero-order valence-corrected chi connectivity index (χ0v) is 15.8. The lowest BCUT2D eigenvalue weighted by atomic mass is 10.0. The lowest BCUT2D eigenvalue weighted by Crippen LogP contribution is -2.27. The molecule has 0 unspecified atom stereocenters. The van der Waals surface area contributed by atoms with Crippen LogP contribution in [0.1, 0.15) is 22.3 Å². The first-order chi connectivity index (χ1) is 12.5. The van der Waals surface area contributed by atoms with Gasteiger partial charge in [0.1, 0.15) is 16.6 Å². The van der Waals surface area contributed by atoms with Crippen LogP contribution in [0.15, 0.2) is 41.0 Å². The highest BCUT2D eigenvalue weighted by Gasteiger charge is 2.16. The number of nitrogens with zero attached hydrogens (tertiary/aromatic N) is 3. The Labute approximate surface area is 155 Å². The van der Waals surface area contributed by atoms with Crippen molar-refractivity contribution in [2.24, 2.45) is 0 Å². The molecule has 2 aromatic heterocycles. The topological polar surface area (TPSA) is 59.2 Å². The number of likely N-dealkylation sites (N-methyl/N-ethyl adjacent to an activating group) is 1. The summed E-state index contributed by atoms with van der Waals surface area (Å²) in [5, 5.41) is 1.05. The number of furan rings is 1. The summed E-state index contributed by atoms with van der Waals surface area (Å²) in [6, 6.07) is 10.1. The van der Waals surface area contributed by atoms with E-state index >= 15 is 0 Å². The number of hydrogen-bond donors (Lipinski definition) is 0. The Hall–Kier alpha value is -2.73. The molecular formula is C20H19N3O2S. The lowest BCUT2D eigenvalue weighted by molar-refractivity contribution is -0.129. The molecule has 5 nitrogen and oxygen atoms in total. The van der Waals surface area contributed by atoms with Crippen LogP contribution in [-0.2, 0) is 17.8 Å². The van der Waals surface area contributed by atoms with Crippen LogP contribution in [0.5, 0.6) is 0 Å². The van der Waals surface area contributed by atoms with E-state index in [0.717, 1.165) is 44.3 Å². The van der Waals surface area contributed by atoms with E-state index in [9.17, 15) is 4.79 Å². The summed E-state index contributed by atoms with van der Waals surface area (Å²) in [4.78, 5) is 14.4. The van der Waals surface area contributed by atoms with Gasteiger partial charge in [0.15, 0.2) is 0 Å². The van der Waals surface area contributed by atoms with Crippen LogP contribution >= 0.6 is 11.7 Å². The van der Waals surface area contributed by atoms with Gasteiger partial charge in [-0.15, -0.1) is 0 Å². The van der Waals surface area contributed by atoms with Gasteiger partial charge in [-0.25, -0.2) is 0 Å². The Morgan fingerprint density at radius 1 is 1.15 bits per heavy atom. The molecule has 132 valence electrons. The van der Waals surface area contributed by atoms with E-state index in [1.54, 1.807) is 11.2 Å². The van der Waals surface area contributed by atoms with Gasteiger partial charge in [0.2, 0.25) is 5.91 Å². The maximum absolute atomic E-state index is 12.7. The van der Waals surface area contributed by atoms with Crippen molar-refractivity contribution in [3.63, 3.8) is 0 Å². The number of benzene rings is 2. The van der Waals surface area contributed by atoms with E-state index in [0.29, 0.717) is 13.0 Å². The third-order valence-corrected chi connectivity index (χ3v) is 5.15. The highest BCUT2D eigenvalue weighted by Crippen LogP contribution is 2.27. The summed E-state index contributed by atoms with van der Waals surface area (Å²) in [7, 11) is 1.82. The maximum Gasteiger partial charge on any atom is 0.227 e. The molecule has 0 bridgehead atoms. The summed E-state index contributed by atoms with van der Waals surface area (Å²) in [5.74, 6) is 0.0594. The molecule has 1 amide bonds. The molecular weight excluding hydrogens is 346 g/mol. The Bertz CT molecular complexity index is 1110. The Kier molecular flexibility index (Phi) is 4.20. The van der Waals surface area contributed by atoms with Crippen LogP contribution in [0.3, 0.4) is 0 Å². The number of aromatic nitrogens is 2. The van der Waals surface area contributed by atoms with Gasteiger partial charge in [-0.05, 0) is 48.7 Å². The van der Waals surface area contributed by atoms with Crippen molar-refractivity contribution in [3.8, 4) is 0 Å². The summed E-state index contributed by atoms with van der Waals surface area (Å²) in [5.41, 5.74) is 6.89. The van der Waals surface area contributed by atoms with Crippen LogP contribution in [0.4, 0.5) is 0 Å². The smallest absolute Gasteiger partial charge is 0.227 e. The normalized spacial score (nSPS) is 11.3. The zero-order chi connectivity index (χ0) is 18.3. The molecule has 26 heavy (non-hydrogen) atoms. The van der Waals surface area contributed by atoms with Crippen molar-refractivity contribution < 1.29 is 9.21 Å². The second-order valence-corrected chi connectivity index (χ2v) is 7.26. The summed E-state index contributed by atoms with van der Waals surface area (Å²) >= 11 is 1.20. The Morgan fingerprint density at radius 2 is 1.96 bits per heavy atom. The van der Waals surface area contributed by atoms with Gasteiger partial charge in [-0.2, -0.15) is 8.75 Å². The van der Waals surface area contributed by atoms with Crippen molar-refractivity contribution in [3.05, 3.63) is 58.8 Å². The molecule has 0 N–H and O–H groups in total. The monoisotopic (exact) mass is 365 g/mol. The van der Waals surface area contributed by atoms with Crippen LogP contribution in [0.25, 0.3) is 22.0 Å². The highest BCUT2D eigenvalue weighted by atomic mass is 32.1. The molecule has 2 aromatic carbocycles. The van der Waals surface area contributed by atoms with E-state index in [2.05, 4.69) is 21.7 Å². The largest absolute Gasteiger partial charge is 0.464 e. The molecule has 0 fully saturated rings. The molecule has 0 radical (unpaired) electrons. The zero-order valence-electron chi connectivity index (χ0n) is 14.9. The Balaban J connectivity index is 1.52. The quantitative estimate of drug-likeness (QED) is 0.542. The third kappa shape index (κ3) is 3.08. The number of carbonyl (C=O) groups excluding carboxylic acids is 1. The number of aryl methyl sites for hydroxylation is 2. The fourth-order valence-electron chi connectivity index (χ4n) is 3.34. The van der Waals surface area contributed by atoms with E-state index in [-0.39, 0.29) is 5.91 Å². The second kappa shape index (κ2) is 6.53. The first-order valence-electron chi connectivity index (χ1n) is 8.44. The molecule has 0 spiro atoms. The first kappa shape index (κ1) is 16.7. The van der Waals surface area contributed by atoms with Gasteiger partial charge < -0.3 is 9.32 Å². The van der Waals surface area contributed by atoms with Crippen molar-refractivity contribution in [1.82, 2.24) is 13.6 Å². The molecule has 0 aliphatic carbocycles. The SMILES string of the molecule is Cc1cc(C)c2c(CC(=O)N(C)Cc3ccc4nsnc4c3)coc2c1. The van der Waals surface area contributed by atoms with Crippen molar-refractivity contribution in [1.29, 1.82) is 0 Å². The maximum atomic E-state index is 12.7. The minimum absolute atomic E-state index is 0.0594. The van der Waals surface area contributed by atoms with Gasteiger partial charge in [0.25, 0.3) is 0 Å². The molecule has 6 heteroatoms. The summed E-state index contributed by atoms with van der Waals surface area (Å²) in [6.07, 6.45) is 2.03. The Morgan fingerprint density at radius 3 is 2.81 bits per heavy atom. The summed E-state index contributed by atoms with van der Waals surface area (Å²) < 4.78 is 14.1. The number of rotatable bonds is 4. The predicted octanol–water partition coefficient (Wildman–Crippen LogP) is 4.26. The van der Waals surface area contributed by atoms with Crippen LogP contribution in [0.2, 0.25) is 0 Å². The fraction of sp³-hybridized carbons (Fsp3) is 0.250. The highest BCUT2D eigenvalue weighted by molar-refractivity contribution is 7.00. The van der Waals surface area contributed by atoms with Crippen molar-refractivity contribution in [2.45, 2.75) is 26.8 Å². The van der Waals surface area contributed by atoms with E-state index in [1.807, 2.05) is 38.2 Å². The van der Waals surface area contributed by atoms with Gasteiger partial charge in [0, 0.05) is 24.5 Å². The molecule has 0 saturated heterocycles. The number of carbonyl (C=O) groups is 1. The number of fused-ring (bicyclic) bond motifs is 2. The van der Waals surface area contributed by atoms with E-state index < -0.39 is 0 Å². The van der Waals surface area contributed by atoms with Gasteiger partial charge in [0.05, 0.1) is 24.4 Å². The lowest BCUT2D eigenvalue weighted by Gasteiger charge is -2.17. The third-order valence-electron chi connectivity index (χ3n) is 4.60. The van der Waals surface area contributed by atoms with Crippen LogP contribution in [-0.4, -0.2) is 26.6 Å². The molecule has 0 saturated carbocycles.